The van der Waals surface area contributed by atoms with Gasteiger partial charge in [0.2, 0.25) is 17.0 Å². The van der Waals surface area contributed by atoms with Crippen LogP contribution < -0.4 is 15.0 Å². The van der Waals surface area contributed by atoms with Crippen LogP contribution in [0.15, 0.2) is 53.7 Å². The molecule has 0 radical (unpaired) electrons. The van der Waals surface area contributed by atoms with Crippen LogP contribution in [0, 0.1) is 0 Å². The number of thioether (sulfide) groups is 1. The maximum absolute atomic E-state index is 12.4. The molecule has 33 heavy (non-hydrogen) atoms. The zero-order chi connectivity index (χ0) is 23.4. The van der Waals surface area contributed by atoms with Crippen molar-refractivity contribution < 1.29 is 27.5 Å². The van der Waals surface area contributed by atoms with Gasteiger partial charge in [0.1, 0.15) is 5.75 Å². The van der Waals surface area contributed by atoms with Crippen LogP contribution in [-0.2, 0) is 9.59 Å². The third kappa shape index (κ3) is 5.80. The molecular weight excluding hydrogens is 461 g/mol. The zero-order valence-electron chi connectivity index (χ0n) is 17.0. The van der Waals surface area contributed by atoms with Crippen LogP contribution >= 0.6 is 11.8 Å². The summed E-state index contributed by atoms with van der Waals surface area (Å²) in [4.78, 5) is 26.0. The Hall–Kier alpha value is -3.61. The van der Waals surface area contributed by atoms with Crippen LogP contribution in [0.2, 0.25) is 0 Å². The summed E-state index contributed by atoms with van der Waals surface area (Å²) < 4.78 is 42.1. The van der Waals surface area contributed by atoms with E-state index in [1.807, 2.05) is 6.07 Å². The molecule has 2 aromatic carbocycles. The highest BCUT2D eigenvalue weighted by molar-refractivity contribution is 7.99. The molecule has 2 heterocycles. The van der Waals surface area contributed by atoms with Crippen molar-refractivity contribution in [1.29, 1.82) is 0 Å². The van der Waals surface area contributed by atoms with Gasteiger partial charge in [-0.2, -0.15) is 4.68 Å². The van der Waals surface area contributed by atoms with Crippen molar-refractivity contribution in [3.63, 3.8) is 0 Å². The summed E-state index contributed by atoms with van der Waals surface area (Å²) >= 11 is 1.06. The Morgan fingerprint density at radius 3 is 2.64 bits per heavy atom. The molecule has 0 unspecified atom stereocenters. The van der Waals surface area contributed by atoms with Crippen molar-refractivity contribution in [2.45, 2.75) is 24.4 Å². The predicted octanol–water partition coefficient (Wildman–Crippen LogP) is 3.42. The minimum absolute atomic E-state index is 0.0114. The summed E-state index contributed by atoms with van der Waals surface area (Å²) in [5.74, 6) is -0.638. The second-order valence-electron chi connectivity index (χ2n) is 6.95. The van der Waals surface area contributed by atoms with Crippen molar-refractivity contribution >= 4 is 35.0 Å². The van der Waals surface area contributed by atoms with Crippen molar-refractivity contribution in [1.82, 2.24) is 20.2 Å². The highest BCUT2D eigenvalue weighted by Gasteiger charge is 2.31. The fourth-order valence-corrected chi connectivity index (χ4v) is 3.91. The highest BCUT2D eigenvalue weighted by atomic mass is 32.2. The fraction of sp³-hybridized carbons (Fsp3) is 0.250. The maximum Gasteiger partial charge on any atom is 0.573 e. The molecule has 1 saturated heterocycles. The van der Waals surface area contributed by atoms with Crippen LogP contribution in [0.25, 0.3) is 5.69 Å². The molecule has 0 bridgehead atoms. The van der Waals surface area contributed by atoms with E-state index >= 15 is 0 Å². The molecule has 1 aromatic heterocycles. The molecule has 9 nitrogen and oxygen atoms in total. The Morgan fingerprint density at radius 2 is 1.94 bits per heavy atom. The van der Waals surface area contributed by atoms with Crippen LogP contribution in [0.4, 0.5) is 24.5 Å². The average molecular weight is 478 g/mol. The standard InChI is InChI=1S/C20H17F3N6O3S/c21-20(22,23)32-16-8-6-14(7-9-16)29-19(25-26-27-29)33-12-17(30)24-13-3-1-4-15(11-13)28-10-2-5-18(28)31/h1,3-4,6-9,11H,2,5,10,12H2,(H,24,30). The first-order chi connectivity index (χ1) is 15.8. The van der Waals surface area contributed by atoms with Gasteiger partial charge in [-0.3, -0.25) is 9.59 Å². The predicted molar refractivity (Wildman–Crippen MR) is 113 cm³/mol. The van der Waals surface area contributed by atoms with E-state index in [-0.39, 0.29) is 28.5 Å². The SMILES string of the molecule is O=C(CSc1nnnn1-c1ccc(OC(F)(F)F)cc1)Nc1cccc(N2CCCC2=O)c1. The van der Waals surface area contributed by atoms with Gasteiger partial charge in [0.05, 0.1) is 11.4 Å². The number of ether oxygens (including phenoxy) is 1. The molecule has 172 valence electrons. The molecule has 3 aromatic rings. The van der Waals surface area contributed by atoms with Crippen LogP contribution in [0.3, 0.4) is 0 Å². The molecule has 4 rings (SSSR count). The van der Waals surface area contributed by atoms with Crippen molar-refractivity contribution in [3.05, 3.63) is 48.5 Å². The Balaban J connectivity index is 1.36. The lowest BCUT2D eigenvalue weighted by Crippen LogP contribution is -2.23. The summed E-state index contributed by atoms with van der Waals surface area (Å²) in [6.45, 7) is 0.651. The van der Waals surface area contributed by atoms with E-state index in [9.17, 15) is 22.8 Å². The number of halogens is 3. The largest absolute Gasteiger partial charge is 0.573 e. The minimum atomic E-state index is -4.78. The monoisotopic (exact) mass is 478 g/mol. The number of tetrazole rings is 1. The van der Waals surface area contributed by atoms with E-state index in [1.54, 1.807) is 23.1 Å². The molecule has 0 saturated carbocycles. The molecule has 1 fully saturated rings. The average Bonchev–Trinajstić information content (AvgIpc) is 3.41. The number of amides is 2. The van der Waals surface area contributed by atoms with Gasteiger partial charge in [0, 0.05) is 24.3 Å². The number of nitrogens with one attached hydrogen (secondary N) is 1. The zero-order valence-corrected chi connectivity index (χ0v) is 17.8. The fourth-order valence-electron chi connectivity index (χ4n) is 3.22. The van der Waals surface area contributed by atoms with E-state index in [4.69, 9.17) is 0 Å². The number of carbonyl (C=O) groups excluding carboxylic acids is 2. The topological polar surface area (TPSA) is 102 Å². The van der Waals surface area contributed by atoms with Crippen molar-refractivity contribution in [3.8, 4) is 11.4 Å². The van der Waals surface area contributed by atoms with E-state index in [1.165, 1.54) is 16.8 Å². The van der Waals surface area contributed by atoms with Crippen LogP contribution in [0.5, 0.6) is 5.75 Å². The second-order valence-corrected chi connectivity index (χ2v) is 7.89. The molecule has 0 spiro atoms. The number of anilines is 2. The van der Waals surface area contributed by atoms with Gasteiger partial charge < -0.3 is 15.0 Å². The van der Waals surface area contributed by atoms with Gasteiger partial charge in [0.15, 0.2) is 0 Å². The van der Waals surface area contributed by atoms with E-state index in [2.05, 4.69) is 25.6 Å². The van der Waals surface area contributed by atoms with E-state index in [0.717, 1.165) is 36.0 Å². The Morgan fingerprint density at radius 1 is 1.15 bits per heavy atom. The first-order valence-corrected chi connectivity index (χ1v) is 10.7. The molecule has 2 amide bonds. The van der Waals surface area contributed by atoms with E-state index in [0.29, 0.717) is 24.3 Å². The van der Waals surface area contributed by atoms with Crippen LogP contribution in [0.1, 0.15) is 12.8 Å². The summed E-state index contributed by atoms with van der Waals surface area (Å²) in [5.41, 5.74) is 1.68. The lowest BCUT2D eigenvalue weighted by Gasteiger charge is -2.16. The minimum Gasteiger partial charge on any atom is -0.406 e. The molecule has 1 N–H and O–H groups in total. The lowest BCUT2D eigenvalue weighted by molar-refractivity contribution is -0.274. The highest BCUT2D eigenvalue weighted by Crippen LogP contribution is 2.26. The molecule has 1 aliphatic rings. The lowest BCUT2D eigenvalue weighted by atomic mass is 10.2. The normalized spacial score (nSPS) is 13.9. The van der Waals surface area contributed by atoms with Gasteiger partial charge >= 0.3 is 6.36 Å². The summed E-state index contributed by atoms with van der Waals surface area (Å²) in [6.07, 6.45) is -3.47. The number of carbonyl (C=O) groups is 2. The van der Waals surface area contributed by atoms with Gasteiger partial charge in [-0.25, -0.2) is 0 Å². The van der Waals surface area contributed by atoms with Crippen LogP contribution in [-0.4, -0.2) is 50.7 Å². The van der Waals surface area contributed by atoms with Gasteiger partial charge in [0.25, 0.3) is 0 Å². The Bertz CT molecular complexity index is 1150. The van der Waals surface area contributed by atoms with Crippen molar-refractivity contribution in [2.75, 3.05) is 22.5 Å². The number of hydrogen-bond donors (Lipinski definition) is 1. The molecule has 0 aliphatic carbocycles. The Kier molecular flexibility index (Phi) is 6.49. The maximum atomic E-state index is 12.4. The summed E-state index contributed by atoms with van der Waals surface area (Å²) in [5, 5.41) is 14.3. The number of aromatic nitrogens is 4. The van der Waals surface area contributed by atoms with Crippen molar-refractivity contribution in [2.24, 2.45) is 0 Å². The number of hydrogen-bond acceptors (Lipinski definition) is 7. The van der Waals surface area contributed by atoms with Gasteiger partial charge in [-0.05, 0) is 59.3 Å². The smallest absolute Gasteiger partial charge is 0.406 e. The first kappa shape index (κ1) is 22.6. The number of rotatable bonds is 7. The number of benzene rings is 2. The molecule has 1 aliphatic heterocycles. The third-order valence-corrected chi connectivity index (χ3v) is 5.52. The molecule has 0 atom stereocenters. The van der Waals surface area contributed by atoms with Gasteiger partial charge in [-0.1, -0.05) is 17.8 Å². The molecular formula is C20H17F3N6O3S. The number of alkyl halides is 3. The summed E-state index contributed by atoms with van der Waals surface area (Å²) in [6, 6.07) is 12.1. The van der Waals surface area contributed by atoms with Gasteiger partial charge in [-0.15, -0.1) is 18.3 Å². The summed E-state index contributed by atoms with van der Waals surface area (Å²) in [7, 11) is 0. The quantitative estimate of drug-likeness (QED) is 0.519. The second kappa shape index (κ2) is 9.48. The first-order valence-electron chi connectivity index (χ1n) is 9.76. The molecule has 13 heteroatoms. The Labute approximate surface area is 189 Å². The third-order valence-electron chi connectivity index (χ3n) is 4.60. The number of nitrogens with zero attached hydrogens (tertiary/aromatic N) is 5. The van der Waals surface area contributed by atoms with E-state index < -0.39 is 6.36 Å².